The maximum absolute atomic E-state index is 13.2. The van der Waals surface area contributed by atoms with Gasteiger partial charge in [-0.2, -0.15) is 5.10 Å². The third-order valence-corrected chi connectivity index (χ3v) is 1.69. The number of primary amides is 1. The Kier molecular flexibility index (Phi) is 3.87. The molecule has 0 unspecified atom stereocenters. The van der Waals surface area contributed by atoms with E-state index in [9.17, 15) is 18.0 Å². The SMILES string of the molecule is NC(=O)NN=Cc1c(F)cccc1C(F)F. The van der Waals surface area contributed by atoms with Crippen molar-refractivity contribution in [2.24, 2.45) is 10.8 Å². The van der Waals surface area contributed by atoms with E-state index in [2.05, 4.69) is 10.8 Å². The molecule has 0 aliphatic heterocycles. The molecule has 1 aromatic carbocycles. The largest absolute Gasteiger partial charge is 0.350 e. The number of carbonyl (C=O) groups is 1. The Hall–Kier alpha value is -2.05. The molecule has 0 aliphatic carbocycles. The van der Waals surface area contributed by atoms with Crippen molar-refractivity contribution in [3.63, 3.8) is 0 Å². The molecule has 0 radical (unpaired) electrons. The van der Waals surface area contributed by atoms with Gasteiger partial charge >= 0.3 is 6.03 Å². The van der Waals surface area contributed by atoms with Crippen LogP contribution in [-0.2, 0) is 0 Å². The van der Waals surface area contributed by atoms with Gasteiger partial charge in [-0.25, -0.2) is 23.4 Å². The molecular formula is C9H8F3N3O. The lowest BCUT2D eigenvalue weighted by molar-refractivity contribution is 0.151. The summed E-state index contributed by atoms with van der Waals surface area (Å²) in [5, 5.41) is 3.22. The third kappa shape index (κ3) is 2.97. The molecule has 2 amide bonds. The van der Waals surface area contributed by atoms with E-state index in [4.69, 9.17) is 0 Å². The van der Waals surface area contributed by atoms with Gasteiger partial charge in [-0.1, -0.05) is 12.1 Å². The van der Waals surface area contributed by atoms with Crippen LogP contribution in [0.3, 0.4) is 0 Å². The summed E-state index contributed by atoms with van der Waals surface area (Å²) in [5.41, 5.74) is 5.58. The molecule has 16 heavy (non-hydrogen) atoms. The van der Waals surface area contributed by atoms with Crippen LogP contribution in [0.2, 0.25) is 0 Å². The van der Waals surface area contributed by atoms with Crippen LogP contribution < -0.4 is 11.2 Å². The number of nitrogens with two attached hydrogens (primary N) is 1. The molecule has 3 N–H and O–H groups in total. The number of urea groups is 1. The molecule has 0 heterocycles. The van der Waals surface area contributed by atoms with Crippen LogP contribution >= 0.6 is 0 Å². The number of amides is 2. The second-order valence-corrected chi connectivity index (χ2v) is 2.78. The maximum atomic E-state index is 13.2. The fraction of sp³-hybridized carbons (Fsp3) is 0.111. The highest BCUT2D eigenvalue weighted by molar-refractivity contribution is 5.83. The predicted octanol–water partition coefficient (Wildman–Crippen LogP) is 1.77. The molecule has 4 nitrogen and oxygen atoms in total. The molecule has 0 saturated heterocycles. The second-order valence-electron chi connectivity index (χ2n) is 2.78. The molecule has 0 aromatic heterocycles. The van der Waals surface area contributed by atoms with Crippen molar-refractivity contribution in [2.45, 2.75) is 6.43 Å². The molecule has 0 bridgehead atoms. The molecule has 0 atom stereocenters. The number of benzene rings is 1. The van der Waals surface area contributed by atoms with Crippen molar-refractivity contribution < 1.29 is 18.0 Å². The van der Waals surface area contributed by atoms with Crippen LogP contribution in [0.5, 0.6) is 0 Å². The van der Waals surface area contributed by atoms with Crippen LogP contribution in [0.1, 0.15) is 17.6 Å². The molecule has 86 valence electrons. The van der Waals surface area contributed by atoms with Crippen LogP contribution in [0, 0.1) is 5.82 Å². The zero-order valence-corrected chi connectivity index (χ0v) is 7.95. The van der Waals surface area contributed by atoms with Gasteiger partial charge in [0.15, 0.2) is 0 Å². The molecule has 0 spiro atoms. The van der Waals surface area contributed by atoms with Crippen molar-refractivity contribution in [3.8, 4) is 0 Å². The minimum atomic E-state index is -2.83. The van der Waals surface area contributed by atoms with E-state index in [1.165, 1.54) is 0 Å². The molecule has 1 rings (SSSR count). The lowest BCUT2D eigenvalue weighted by atomic mass is 10.1. The first-order valence-electron chi connectivity index (χ1n) is 4.17. The standard InChI is InChI=1S/C9H8F3N3O/c10-7-3-1-2-5(8(11)12)6(7)4-14-15-9(13)16/h1-4,8H,(H3,13,15,16). The van der Waals surface area contributed by atoms with E-state index < -0.39 is 23.8 Å². The van der Waals surface area contributed by atoms with Crippen LogP contribution in [0.25, 0.3) is 0 Å². The Balaban J connectivity index is 3.01. The topological polar surface area (TPSA) is 67.5 Å². The zero-order chi connectivity index (χ0) is 12.1. The predicted molar refractivity (Wildman–Crippen MR) is 51.7 cm³/mol. The fourth-order valence-electron chi connectivity index (χ4n) is 1.04. The molecular weight excluding hydrogens is 223 g/mol. The molecule has 0 aliphatic rings. The number of nitrogens with zero attached hydrogens (tertiary/aromatic N) is 1. The van der Waals surface area contributed by atoms with E-state index >= 15 is 0 Å². The fourth-order valence-corrected chi connectivity index (χ4v) is 1.04. The van der Waals surface area contributed by atoms with E-state index in [-0.39, 0.29) is 5.56 Å². The first kappa shape index (κ1) is 12.0. The summed E-state index contributed by atoms with van der Waals surface area (Å²) in [4.78, 5) is 10.2. The normalized spacial score (nSPS) is 11.0. The highest BCUT2D eigenvalue weighted by Crippen LogP contribution is 2.23. The van der Waals surface area contributed by atoms with E-state index in [1.54, 1.807) is 5.43 Å². The monoisotopic (exact) mass is 231 g/mol. The van der Waals surface area contributed by atoms with E-state index in [0.29, 0.717) is 0 Å². The highest BCUT2D eigenvalue weighted by atomic mass is 19.3. The van der Waals surface area contributed by atoms with Crippen LogP contribution in [0.4, 0.5) is 18.0 Å². The zero-order valence-electron chi connectivity index (χ0n) is 7.95. The smallest absolute Gasteiger partial charge is 0.332 e. The van der Waals surface area contributed by atoms with Crippen LogP contribution in [-0.4, -0.2) is 12.2 Å². The first-order valence-corrected chi connectivity index (χ1v) is 4.17. The summed E-state index contributed by atoms with van der Waals surface area (Å²) in [5.74, 6) is -0.854. The summed E-state index contributed by atoms with van der Waals surface area (Å²) in [6.45, 7) is 0. The number of nitrogens with one attached hydrogen (secondary N) is 1. The number of hydrazone groups is 1. The third-order valence-electron chi connectivity index (χ3n) is 1.69. The number of hydrogen-bond acceptors (Lipinski definition) is 2. The van der Waals surface area contributed by atoms with E-state index in [1.807, 2.05) is 0 Å². The van der Waals surface area contributed by atoms with Crippen molar-refractivity contribution >= 4 is 12.2 Å². The van der Waals surface area contributed by atoms with Gasteiger partial charge in [0, 0.05) is 11.1 Å². The minimum absolute atomic E-state index is 0.383. The Morgan fingerprint density at radius 1 is 1.50 bits per heavy atom. The Labute approximate surface area is 88.9 Å². The summed E-state index contributed by atoms with van der Waals surface area (Å²) >= 11 is 0. The van der Waals surface area contributed by atoms with Gasteiger partial charge in [0.25, 0.3) is 6.43 Å². The van der Waals surface area contributed by atoms with Gasteiger partial charge in [-0.15, -0.1) is 0 Å². The van der Waals surface area contributed by atoms with Gasteiger partial charge in [0.2, 0.25) is 0 Å². The molecule has 7 heteroatoms. The lowest BCUT2D eigenvalue weighted by Crippen LogP contribution is -2.24. The summed E-state index contributed by atoms with van der Waals surface area (Å²) < 4.78 is 38.1. The van der Waals surface area contributed by atoms with Crippen molar-refractivity contribution in [1.82, 2.24) is 5.43 Å². The first-order chi connectivity index (χ1) is 7.52. The lowest BCUT2D eigenvalue weighted by Gasteiger charge is -2.04. The van der Waals surface area contributed by atoms with E-state index in [0.717, 1.165) is 24.4 Å². The number of carbonyl (C=O) groups excluding carboxylic acids is 1. The van der Waals surface area contributed by atoms with Gasteiger partial charge in [-0.05, 0) is 6.07 Å². The number of alkyl halides is 2. The summed E-state index contributed by atoms with van der Waals surface area (Å²) in [7, 11) is 0. The summed E-state index contributed by atoms with van der Waals surface area (Å²) in [6, 6.07) is 2.28. The van der Waals surface area contributed by atoms with Gasteiger partial charge in [0.1, 0.15) is 5.82 Å². The second kappa shape index (κ2) is 5.15. The molecule has 0 fully saturated rings. The maximum Gasteiger partial charge on any atom is 0.332 e. The summed E-state index contributed by atoms with van der Waals surface area (Å²) in [6.07, 6.45) is -2.05. The number of halogens is 3. The van der Waals surface area contributed by atoms with Crippen molar-refractivity contribution in [2.75, 3.05) is 0 Å². The highest BCUT2D eigenvalue weighted by Gasteiger charge is 2.14. The number of hydrogen-bond donors (Lipinski definition) is 2. The van der Waals surface area contributed by atoms with Crippen molar-refractivity contribution in [1.29, 1.82) is 0 Å². The van der Waals surface area contributed by atoms with Crippen LogP contribution in [0.15, 0.2) is 23.3 Å². The average molecular weight is 231 g/mol. The van der Waals surface area contributed by atoms with Gasteiger partial charge in [0.05, 0.1) is 6.21 Å². The quantitative estimate of drug-likeness (QED) is 0.604. The van der Waals surface area contributed by atoms with Gasteiger partial charge < -0.3 is 5.73 Å². The number of rotatable bonds is 3. The average Bonchev–Trinajstić information content (AvgIpc) is 2.19. The Morgan fingerprint density at radius 3 is 2.75 bits per heavy atom. The Morgan fingerprint density at radius 2 is 2.19 bits per heavy atom. The van der Waals surface area contributed by atoms with Gasteiger partial charge in [-0.3, -0.25) is 0 Å². The van der Waals surface area contributed by atoms with Crippen molar-refractivity contribution in [3.05, 3.63) is 35.1 Å². The Bertz CT molecular complexity index is 420. The molecule has 1 aromatic rings. The minimum Gasteiger partial charge on any atom is -0.350 e. The molecule has 0 saturated carbocycles.